The number of hydrogen-bond acceptors (Lipinski definition) is 3. The van der Waals surface area contributed by atoms with Gasteiger partial charge in [0.15, 0.2) is 0 Å². The number of hydrogen-bond donors (Lipinski definition) is 3. The molecule has 0 aliphatic rings. The van der Waals surface area contributed by atoms with E-state index >= 15 is 0 Å². The number of halogens is 3. The predicted molar refractivity (Wildman–Crippen MR) is 67.5 cm³/mol. The molecule has 0 saturated heterocycles. The quantitative estimate of drug-likeness (QED) is 0.565. The minimum atomic E-state index is -4.40. The summed E-state index contributed by atoms with van der Waals surface area (Å²) in [6, 6.07) is 4.71. The van der Waals surface area contributed by atoms with Gasteiger partial charge in [0.25, 0.3) is 0 Å². The molecule has 0 unspecified atom stereocenters. The smallest absolute Gasteiger partial charge is 0.395 e. The van der Waals surface area contributed by atoms with E-state index in [1.807, 2.05) is 0 Å². The number of nitrogens with one attached hydrogen (secondary N) is 1. The molecule has 0 aliphatic carbocycles. The third-order valence-corrected chi connectivity index (χ3v) is 2.52. The molecule has 0 saturated carbocycles. The van der Waals surface area contributed by atoms with Gasteiger partial charge in [-0.1, -0.05) is 6.07 Å². The SMILES string of the molecule is Cc1ccc(C(=N)N)c(N(CCO)CC(F)(F)F)c1. The minimum Gasteiger partial charge on any atom is -0.395 e. The zero-order valence-electron chi connectivity index (χ0n) is 10.5. The van der Waals surface area contributed by atoms with E-state index in [0.29, 0.717) is 0 Å². The molecule has 7 heteroatoms. The first kappa shape index (κ1) is 15.3. The zero-order valence-corrected chi connectivity index (χ0v) is 10.5. The Morgan fingerprint density at radius 2 is 2.05 bits per heavy atom. The van der Waals surface area contributed by atoms with E-state index < -0.39 is 19.3 Å². The lowest BCUT2D eigenvalue weighted by Gasteiger charge is -2.27. The van der Waals surface area contributed by atoms with Crippen molar-refractivity contribution in [2.75, 3.05) is 24.6 Å². The average molecular weight is 275 g/mol. The van der Waals surface area contributed by atoms with Gasteiger partial charge in [0.2, 0.25) is 0 Å². The summed E-state index contributed by atoms with van der Waals surface area (Å²) in [7, 11) is 0. The van der Waals surface area contributed by atoms with Crippen LogP contribution in [0.25, 0.3) is 0 Å². The fourth-order valence-electron chi connectivity index (χ4n) is 1.75. The van der Waals surface area contributed by atoms with E-state index in [2.05, 4.69) is 0 Å². The summed E-state index contributed by atoms with van der Waals surface area (Å²) in [4.78, 5) is 0.976. The first-order chi connectivity index (χ1) is 8.74. The van der Waals surface area contributed by atoms with E-state index in [4.69, 9.17) is 16.2 Å². The molecule has 0 fully saturated rings. The molecule has 4 nitrogen and oxygen atoms in total. The van der Waals surface area contributed by atoms with Gasteiger partial charge in [0, 0.05) is 17.8 Å². The van der Waals surface area contributed by atoms with Crippen LogP contribution in [0, 0.1) is 12.3 Å². The predicted octanol–water partition coefficient (Wildman–Crippen LogP) is 1.64. The molecule has 1 aromatic carbocycles. The zero-order chi connectivity index (χ0) is 14.6. The second-order valence-electron chi connectivity index (χ2n) is 4.19. The lowest BCUT2D eigenvalue weighted by molar-refractivity contribution is -0.119. The van der Waals surface area contributed by atoms with Gasteiger partial charge in [0.1, 0.15) is 12.4 Å². The Labute approximate surface area is 109 Å². The number of nitrogens with zero attached hydrogens (tertiary/aromatic N) is 1. The summed E-state index contributed by atoms with van der Waals surface area (Å²) in [6.45, 7) is -0.0555. The Bertz CT molecular complexity index is 460. The lowest BCUT2D eigenvalue weighted by atomic mass is 10.1. The van der Waals surface area contributed by atoms with Gasteiger partial charge in [-0.15, -0.1) is 0 Å². The molecule has 106 valence electrons. The van der Waals surface area contributed by atoms with Crippen molar-refractivity contribution in [3.05, 3.63) is 29.3 Å². The Kier molecular flexibility index (Phi) is 4.77. The summed E-state index contributed by atoms with van der Waals surface area (Å²) in [6.07, 6.45) is -4.40. The van der Waals surface area contributed by atoms with E-state index in [9.17, 15) is 13.2 Å². The van der Waals surface area contributed by atoms with Crippen molar-refractivity contribution in [1.82, 2.24) is 0 Å². The van der Waals surface area contributed by atoms with Crippen LogP contribution in [0.5, 0.6) is 0 Å². The molecule has 0 heterocycles. The minimum absolute atomic E-state index is 0.177. The fraction of sp³-hybridized carbons (Fsp3) is 0.417. The molecule has 1 aromatic rings. The standard InChI is InChI=1S/C12H16F3N3O/c1-8-2-3-9(11(16)17)10(6-8)18(4-5-19)7-12(13,14)15/h2-3,6,19H,4-5,7H2,1H3,(H3,16,17). The van der Waals surface area contributed by atoms with Crippen LogP contribution in [0.4, 0.5) is 18.9 Å². The fourth-order valence-corrected chi connectivity index (χ4v) is 1.75. The van der Waals surface area contributed by atoms with Crippen LogP contribution < -0.4 is 10.6 Å². The van der Waals surface area contributed by atoms with Crippen molar-refractivity contribution < 1.29 is 18.3 Å². The third kappa shape index (κ3) is 4.44. The second kappa shape index (κ2) is 5.92. The van der Waals surface area contributed by atoms with Crippen LogP contribution >= 0.6 is 0 Å². The Balaban J connectivity index is 3.20. The first-order valence-corrected chi connectivity index (χ1v) is 5.62. The number of nitrogens with two attached hydrogens (primary N) is 1. The van der Waals surface area contributed by atoms with E-state index in [1.54, 1.807) is 13.0 Å². The molecule has 4 N–H and O–H groups in total. The van der Waals surface area contributed by atoms with Crippen molar-refractivity contribution in [2.24, 2.45) is 5.73 Å². The van der Waals surface area contributed by atoms with Crippen LogP contribution in [-0.2, 0) is 0 Å². The summed E-state index contributed by atoms with van der Waals surface area (Å²) >= 11 is 0. The van der Waals surface area contributed by atoms with Crippen molar-refractivity contribution >= 4 is 11.5 Å². The van der Waals surface area contributed by atoms with E-state index in [-0.39, 0.29) is 23.6 Å². The summed E-state index contributed by atoms with van der Waals surface area (Å²) in [5, 5.41) is 16.3. The highest BCUT2D eigenvalue weighted by Crippen LogP contribution is 2.26. The molecule has 0 atom stereocenters. The summed E-state index contributed by atoms with van der Waals surface area (Å²) in [5.74, 6) is -0.305. The molecule has 0 aromatic heterocycles. The number of benzene rings is 1. The summed E-state index contributed by atoms with van der Waals surface area (Å²) in [5.41, 5.74) is 6.56. The van der Waals surface area contributed by atoms with Crippen molar-refractivity contribution in [1.29, 1.82) is 5.41 Å². The van der Waals surface area contributed by atoms with Crippen LogP contribution in [0.3, 0.4) is 0 Å². The molecule has 0 spiro atoms. The number of anilines is 1. The van der Waals surface area contributed by atoms with Gasteiger partial charge in [-0.05, 0) is 24.6 Å². The Hall–Kier alpha value is -1.76. The number of aliphatic hydroxyl groups excluding tert-OH is 1. The van der Waals surface area contributed by atoms with Crippen LogP contribution in [0.1, 0.15) is 11.1 Å². The lowest BCUT2D eigenvalue weighted by Crippen LogP contribution is -2.37. The molecular formula is C12H16F3N3O. The topological polar surface area (TPSA) is 73.3 Å². The largest absolute Gasteiger partial charge is 0.405 e. The number of nitrogen functional groups attached to an aromatic ring is 1. The Morgan fingerprint density at radius 1 is 1.42 bits per heavy atom. The first-order valence-electron chi connectivity index (χ1n) is 5.62. The highest BCUT2D eigenvalue weighted by molar-refractivity contribution is 6.00. The number of rotatable bonds is 5. The van der Waals surface area contributed by atoms with Crippen molar-refractivity contribution in [2.45, 2.75) is 13.1 Å². The highest BCUT2D eigenvalue weighted by Gasteiger charge is 2.31. The number of alkyl halides is 3. The van der Waals surface area contributed by atoms with E-state index in [1.165, 1.54) is 12.1 Å². The van der Waals surface area contributed by atoms with Crippen LogP contribution in [0.15, 0.2) is 18.2 Å². The van der Waals surface area contributed by atoms with Gasteiger partial charge in [-0.3, -0.25) is 5.41 Å². The molecule has 0 amide bonds. The Morgan fingerprint density at radius 3 is 2.53 bits per heavy atom. The van der Waals surface area contributed by atoms with Gasteiger partial charge >= 0.3 is 6.18 Å². The normalized spacial score (nSPS) is 11.4. The van der Waals surface area contributed by atoms with Gasteiger partial charge in [-0.25, -0.2) is 0 Å². The third-order valence-electron chi connectivity index (χ3n) is 2.52. The van der Waals surface area contributed by atoms with Crippen LogP contribution in [0.2, 0.25) is 0 Å². The van der Waals surface area contributed by atoms with E-state index in [0.717, 1.165) is 10.5 Å². The second-order valence-corrected chi connectivity index (χ2v) is 4.19. The summed E-state index contributed by atoms with van der Waals surface area (Å²) < 4.78 is 37.6. The maximum atomic E-state index is 12.5. The van der Waals surface area contributed by atoms with Crippen LogP contribution in [-0.4, -0.2) is 36.8 Å². The maximum Gasteiger partial charge on any atom is 0.405 e. The molecule has 0 bridgehead atoms. The monoisotopic (exact) mass is 275 g/mol. The number of aryl methyl sites for hydroxylation is 1. The van der Waals surface area contributed by atoms with Crippen molar-refractivity contribution in [3.63, 3.8) is 0 Å². The van der Waals surface area contributed by atoms with Crippen molar-refractivity contribution in [3.8, 4) is 0 Å². The molecular weight excluding hydrogens is 259 g/mol. The number of aliphatic hydroxyl groups is 1. The van der Waals surface area contributed by atoms with Gasteiger partial charge in [-0.2, -0.15) is 13.2 Å². The molecule has 1 rings (SSSR count). The molecule has 0 radical (unpaired) electrons. The molecule has 0 aliphatic heterocycles. The molecule has 19 heavy (non-hydrogen) atoms. The average Bonchev–Trinajstić information content (AvgIpc) is 2.26. The highest BCUT2D eigenvalue weighted by atomic mass is 19.4. The number of amidine groups is 1. The van der Waals surface area contributed by atoms with Gasteiger partial charge < -0.3 is 15.7 Å². The maximum absolute atomic E-state index is 12.5. The van der Waals surface area contributed by atoms with Gasteiger partial charge in [0.05, 0.1) is 6.61 Å².